The molecule has 0 heterocycles. The molecule has 0 radical (unpaired) electrons. The first-order valence-corrected chi connectivity index (χ1v) is 5.22. The molecule has 13 heavy (non-hydrogen) atoms. The molecule has 66 valence electrons. The molecule has 2 rings (SSSR count). The van der Waals surface area contributed by atoms with Gasteiger partial charge >= 0.3 is 0 Å². The Bertz CT molecular complexity index is 390. The highest BCUT2D eigenvalue weighted by Gasteiger charge is 2.46. The second-order valence-electron chi connectivity index (χ2n) is 3.32. The summed E-state index contributed by atoms with van der Waals surface area (Å²) in [6, 6.07) is 7.94. The van der Waals surface area contributed by atoms with E-state index in [1.54, 1.807) is 0 Å². The Kier molecular flexibility index (Phi) is 2.09. The molecule has 0 N–H and O–H groups in total. The summed E-state index contributed by atoms with van der Waals surface area (Å²) in [6.45, 7) is 0. The van der Waals surface area contributed by atoms with Crippen LogP contribution >= 0.6 is 27.5 Å². The summed E-state index contributed by atoms with van der Waals surface area (Å²) in [5.74, 6) is 0. The molecule has 1 saturated carbocycles. The molecule has 1 aromatic rings. The second kappa shape index (κ2) is 3.01. The lowest BCUT2D eigenvalue weighted by atomic mass is 9.98. The van der Waals surface area contributed by atoms with Crippen molar-refractivity contribution in [1.29, 1.82) is 5.26 Å². The first-order valence-electron chi connectivity index (χ1n) is 4.05. The smallest absolute Gasteiger partial charge is 0.0835 e. The lowest BCUT2D eigenvalue weighted by molar-refractivity contribution is 0.901. The summed E-state index contributed by atoms with van der Waals surface area (Å²) in [6.07, 6.45) is 1.89. The molecule has 3 heteroatoms. The van der Waals surface area contributed by atoms with Crippen molar-refractivity contribution >= 4 is 27.5 Å². The summed E-state index contributed by atoms with van der Waals surface area (Å²) in [7, 11) is 0. The first-order chi connectivity index (χ1) is 6.18. The summed E-state index contributed by atoms with van der Waals surface area (Å²) in [5.41, 5.74) is 0.770. The standard InChI is InChI=1S/C10H7BrClN/c11-9-2-1-7(12)5-8(9)10(6-13)3-4-10/h1-2,5H,3-4H2. The SMILES string of the molecule is N#CC1(c2cc(Cl)ccc2Br)CC1. The average molecular weight is 257 g/mol. The highest BCUT2D eigenvalue weighted by molar-refractivity contribution is 9.10. The third kappa shape index (κ3) is 1.47. The fourth-order valence-electron chi connectivity index (χ4n) is 1.43. The fraction of sp³-hybridized carbons (Fsp3) is 0.300. The number of nitriles is 1. The second-order valence-corrected chi connectivity index (χ2v) is 4.61. The van der Waals surface area contributed by atoms with Gasteiger partial charge in [0.1, 0.15) is 0 Å². The van der Waals surface area contributed by atoms with E-state index in [1.807, 2.05) is 18.2 Å². The van der Waals surface area contributed by atoms with Gasteiger partial charge in [-0.05, 0) is 36.6 Å². The van der Waals surface area contributed by atoms with Crippen LogP contribution in [0, 0.1) is 11.3 Å². The maximum atomic E-state index is 9.01. The lowest BCUT2D eigenvalue weighted by Crippen LogP contribution is -2.03. The minimum atomic E-state index is -0.260. The molecule has 0 atom stereocenters. The van der Waals surface area contributed by atoms with Gasteiger partial charge in [0.2, 0.25) is 0 Å². The predicted molar refractivity (Wildman–Crippen MR) is 55.7 cm³/mol. The molecule has 0 saturated heterocycles. The molecule has 0 amide bonds. The van der Waals surface area contributed by atoms with E-state index in [0.717, 1.165) is 22.9 Å². The monoisotopic (exact) mass is 255 g/mol. The Morgan fingerprint density at radius 3 is 2.69 bits per heavy atom. The van der Waals surface area contributed by atoms with Crippen molar-refractivity contribution in [2.75, 3.05) is 0 Å². The molecule has 0 bridgehead atoms. The third-order valence-electron chi connectivity index (χ3n) is 2.41. The Morgan fingerprint density at radius 2 is 2.15 bits per heavy atom. The maximum Gasteiger partial charge on any atom is 0.0835 e. The Balaban J connectivity index is 2.52. The van der Waals surface area contributed by atoms with Gasteiger partial charge < -0.3 is 0 Å². The maximum absolute atomic E-state index is 9.01. The normalized spacial score (nSPS) is 17.9. The van der Waals surface area contributed by atoms with Gasteiger partial charge in [-0.2, -0.15) is 5.26 Å². The van der Waals surface area contributed by atoms with Crippen LogP contribution in [0.5, 0.6) is 0 Å². The van der Waals surface area contributed by atoms with Crippen LogP contribution in [0.15, 0.2) is 22.7 Å². The summed E-state index contributed by atoms with van der Waals surface area (Å²) in [5, 5.41) is 9.71. The van der Waals surface area contributed by atoms with Crippen LogP contribution in [-0.4, -0.2) is 0 Å². The van der Waals surface area contributed by atoms with E-state index in [9.17, 15) is 0 Å². The van der Waals surface area contributed by atoms with E-state index in [1.165, 1.54) is 0 Å². The molecule has 0 unspecified atom stereocenters. The molecule has 0 aromatic heterocycles. The molecule has 1 aliphatic carbocycles. The van der Waals surface area contributed by atoms with Crippen LogP contribution in [0.4, 0.5) is 0 Å². The van der Waals surface area contributed by atoms with Crippen LogP contribution in [0.1, 0.15) is 18.4 Å². The first kappa shape index (κ1) is 9.05. The Hall–Kier alpha value is -0.520. The van der Waals surface area contributed by atoms with E-state index < -0.39 is 0 Å². The van der Waals surface area contributed by atoms with E-state index in [2.05, 4.69) is 22.0 Å². The fourth-order valence-corrected chi connectivity index (χ4v) is 2.23. The summed E-state index contributed by atoms with van der Waals surface area (Å²) < 4.78 is 0.982. The van der Waals surface area contributed by atoms with Crippen LogP contribution < -0.4 is 0 Å². The van der Waals surface area contributed by atoms with Gasteiger partial charge in [0, 0.05) is 9.50 Å². The molecule has 0 spiro atoms. The zero-order valence-corrected chi connectivity index (χ0v) is 9.19. The van der Waals surface area contributed by atoms with Gasteiger partial charge in [-0.25, -0.2) is 0 Å². The molecular formula is C10H7BrClN. The van der Waals surface area contributed by atoms with Gasteiger partial charge in [-0.15, -0.1) is 0 Å². The van der Waals surface area contributed by atoms with Crippen LogP contribution in [-0.2, 0) is 5.41 Å². The van der Waals surface area contributed by atoms with E-state index in [0.29, 0.717) is 5.02 Å². The number of rotatable bonds is 1. The number of hydrogen-bond acceptors (Lipinski definition) is 1. The Morgan fingerprint density at radius 1 is 1.46 bits per heavy atom. The van der Waals surface area contributed by atoms with Crippen LogP contribution in [0.2, 0.25) is 5.02 Å². The topological polar surface area (TPSA) is 23.8 Å². The molecule has 1 aromatic carbocycles. The molecule has 0 aliphatic heterocycles. The zero-order valence-electron chi connectivity index (χ0n) is 6.85. The van der Waals surface area contributed by atoms with Crippen molar-refractivity contribution in [1.82, 2.24) is 0 Å². The minimum absolute atomic E-state index is 0.260. The van der Waals surface area contributed by atoms with Crippen molar-refractivity contribution in [3.05, 3.63) is 33.3 Å². The minimum Gasteiger partial charge on any atom is -0.197 e. The number of hydrogen-bond donors (Lipinski definition) is 0. The van der Waals surface area contributed by atoms with Gasteiger partial charge in [-0.1, -0.05) is 27.5 Å². The molecule has 1 aliphatic rings. The molecule has 1 fully saturated rings. The predicted octanol–water partition coefficient (Wildman–Crippen LogP) is 3.66. The van der Waals surface area contributed by atoms with E-state index >= 15 is 0 Å². The van der Waals surface area contributed by atoms with Gasteiger partial charge in [0.25, 0.3) is 0 Å². The number of benzene rings is 1. The average Bonchev–Trinajstić information content (AvgIpc) is 2.90. The van der Waals surface area contributed by atoms with E-state index in [4.69, 9.17) is 16.9 Å². The van der Waals surface area contributed by atoms with Crippen molar-refractivity contribution in [3.63, 3.8) is 0 Å². The quantitative estimate of drug-likeness (QED) is 0.752. The number of nitrogens with zero attached hydrogens (tertiary/aromatic N) is 1. The van der Waals surface area contributed by atoms with Crippen LogP contribution in [0.25, 0.3) is 0 Å². The van der Waals surface area contributed by atoms with Crippen molar-refractivity contribution in [2.24, 2.45) is 0 Å². The molecular weight excluding hydrogens is 249 g/mol. The van der Waals surface area contributed by atoms with E-state index in [-0.39, 0.29) is 5.41 Å². The van der Waals surface area contributed by atoms with Crippen molar-refractivity contribution in [2.45, 2.75) is 18.3 Å². The summed E-state index contributed by atoms with van der Waals surface area (Å²) in [4.78, 5) is 0. The van der Waals surface area contributed by atoms with Crippen molar-refractivity contribution in [3.8, 4) is 6.07 Å². The van der Waals surface area contributed by atoms with Gasteiger partial charge in [-0.3, -0.25) is 0 Å². The Labute approximate surface area is 90.4 Å². The van der Waals surface area contributed by atoms with Crippen LogP contribution in [0.3, 0.4) is 0 Å². The third-order valence-corrected chi connectivity index (χ3v) is 3.33. The van der Waals surface area contributed by atoms with Crippen molar-refractivity contribution < 1.29 is 0 Å². The highest BCUT2D eigenvalue weighted by Crippen LogP contribution is 2.50. The van der Waals surface area contributed by atoms with Gasteiger partial charge in [0.15, 0.2) is 0 Å². The largest absolute Gasteiger partial charge is 0.197 e. The lowest BCUT2D eigenvalue weighted by Gasteiger charge is -2.08. The van der Waals surface area contributed by atoms with Gasteiger partial charge in [0.05, 0.1) is 11.5 Å². The molecule has 1 nitrogen and oxygen atoms in total. The zero-order chi connectivity index (χ0) is 9.47. The summed E-state index contributed by atoms with van der Waals surface area (Å²) >= 11 is 9.31. The number of halogens is 2. The highest BCUT2D eigenvalue weighted by atomic mass is 79.9.